The summed E-state index contributed by atoms with van der Waals surface area (Å²) in [4.78, 5) is 26.5. The van der Waals surface area contributed by atoms with E-state index in [1.54, 1.807) is 0 Å². The van der Waals surface area contributed by atoms with E-state index < -0.39 is 0 Å². The molecule has 4 nitrogen and oxygen atoms in total. The fraction of sp³-hybridized carbons (Fsp3) is 0.867. The number of amides is 2. The highest BCUT2D eigenvalue weighted by molar-refractivity contribution is 5.95. The third-order valence-corrected chi connectivity index (χ3v) is 5.10. The van der Waals surface area contributed by atoms with Gasteiger partial charge >= 0.3 is 0 Å². The third kappa shape index (κ3) is 2.37. The predicted octanol–water partition coefficient (Wildman–Crippen LogP) is 1.69. The van der Waals surface area contributed by atoms with Crippen molar-refractivity contribution in [2.75, 3.05) is 6.54 Å². The van der Waals surface area contributed by atoms with Crippen molar-refractivity contribution >= 4 is 11.8 Å². The van der Waals surface area contributed by atoms with E-state index in [9.17, 15) is 9.59 Å². The molecule has 1 saturated heterocycles. The Balaban J connectivity index is 1.81. The minimum atomic E-state index is -0.237. The molecule has 0 spiro atoms. The van der Waals surface area contributed by atoms with Gasteiger partial charge in [0.25, 0.3) is 0 Å². The zero-order valence-electron chi connectivity index (χ0n) is 11.9. The van der Waals surface area contributed by atoms with Crippen LogP contribution in [-0.4, -0.2) is 35.3 Å². The number of hydrogen-bond donors (Lipinski definition) is 1. The van der Waals surface area contributed by atoms with Gasteiger partial charge in [-0.2, -0.15) is 0 Å². The highest BCUT2D eigenvalue weighted by Gasteiger charge is 2.47. The molecule has 3 fully saturated rings. The van der Waals surface area contributed by atoms with Crippen molar-refractivity contribution in [1.82, 2.24) is 10.2 Å². The Morgan fingerprint density at radius 2 is 1.89 bits per heavy atom. The monoisotopic (exact) mass is 264 g/mol. The molecule has 1 N–H and O–H groups in total. The van der Waals surface area contributed by atoms with Crippen LogP contribution in [0.4, 0.5) is 0 Å². The van der Waals surface area contributed by atoms with Crippen molar-refractivity contribution in [2.24, 2.45) is 11.3 Å². The maximum Gasteiger partial charge on any atom is 0.246 e. The molecule has 2 aliphatic carbocycles. The highest BCUT2D eigenvalue weighted by atomic mass is 16.2. The number of rotatable bonds is 2. The van der Waals surface area contributed by atoms with Crippen LogP contribution in [-0.2, 0) is 9.59 Å². The fourth-order valence-corrected chi connectivity index (χ4v) is 3.76. The van der Waals surface area contributed by atoms with Crippen LogP contribution in [0.5, 0.6) is 0 Å². The van der Waals surface area contributed by atoms with Crippen LogP contribution in [0.1, 0.15) is 52.4 Å². The summed E-state index contributed by atoms with van der Waals surface area (Å²) in [6.07, 6.45) is 6.77. The normalized spacial score (nSPS) is 35.2. The SMILES string of the molecule is CC1(C)CCCCC1N1CC(=O)NC(C2CC2)C1=O. The molecule has 2 amide bonds. The Morgan fingerprint density at radius 3 is 2.53 bits per heavy atom. The first-order valence-corrected chi connectivity index (χ1v) is 7.59. The molecule has 1 heterocycles. The predicted molar refractivity (Wildman–Crippen MR) is 72.4 cm³/mol. The molecule has 3 aliphatic rings. The fourth-order valence-electron chi connectivity index (χ4n) is 3.76. The van der Waals surface area contributed by atoms with Gasteiger partial charge in [-0.1, -0.05) is 26.7 Å². The van der Waals surface area contributed by atoms with Gasteiger partial charge in [0.15, 0.2) is 0 Å². The van der Waals surface area contributed by atoms with Crippen LogP contribution in [0, 0.1) is 11.3 Å². The van der Waals surface area contributed by atoms with Crippen LogP contribution in [0.25, 0.3) is 0 Å². The van der Waals surface area contributed by atoms with Crippen molar-refractivity contribution in [3.63, 3.8) is 0 Å². The van der Waals surface area contributed by atoms with Crippen molar-refractivity contribution in [2.45, 2.75) is 64.5 Å². The Morgan fingerprint density at radius 1 is 1.16 bits per heavy atom. The van der Waals surface area contributed by atoms with Gasteiger partial charge in [-0.15, -0.1) is 0 Å². The zero-order chi connectivity index (χ0) is 13.6. The average Bonchev–Trinajstić information content (AvgIpc) is 3.16. The summed E-state index contributed by atoms with van der Waals surface area (Å²) < 4.78 is 0. The Labute approximate surface area is 114 Å². The van der Waals surface area contributed by atoms with E-state index in [0.29, 0.717) is 5.92 Å². The summed E-state index contributed by atoms with van der Waals surface area (Å²) in [5.74, 6) is 0.589. The van der Waals surface area contributed by atoms with Gasteiger partial charge in [0.05, 0.1) is 6.54 Å². The first-order valence-electron chi connectivity index (χ1n) is 7.59. The number of hydrogen-bond acceptors (Lipinski definition) is 2. The van der Waals surface area contributed by atoms with Gasteiger partial charge in [0, 0.05) is 6.04 Å². The van der Waals surface area contributed by atoms with Gasteiger partial charge in [0.2, 0.25) is 11.8 Å². The average molecular weight is 264 g/mol. The summed E-state index contributed by atoms with van der Waals surface area (Å²) in [5.41, 5.74) is 0.139. The van der Waals surface area contributed by atoms with Gasteiger partial charge in [-0.05, 0) is 37.0 Å². The number of nitrogens with one attached hydrogen (secondary N) is 1. The molecule has 4 heteroatoms. The number of piperazine rings is 1. The van der Waals surface area contributed by atoms with E-state index in [1.165, 1.54) is 12.8 Å². The molecular weight excluding hydrogens is 240 g/mol. The third-order valence-electron chi connectivity index (χ3n) is 5.10. The van der Waals surface area contributed by atoms with Gasteiger partial charge in [-0.3, -0.25) is 9.59 Å². The standard InChI is InChI=1S/C15H24N2O2/c1-15(2)8-4-3-5-11(15)17-9-12(18)16-13(14(17)19)10-6-7-10/h10-11,13H,3-9H2,1-2H3,(H,16,18). The van der Waals surface area contributed by atoms with E-state index in [2.05, 4.69) is 19.2 Å². The number of carbonyl (C=O) groups excluding carboxylic acids is 2. The quantitative estimate of drug-likeness (QED) is 0.825. The van der Waals surface area contributed by atoms with Crippen LogP contribution in [0.15, 0.2) is 0 Å². The smallest absolute Gasteiger partial charge is 0.246 e. The first kappa shape index (κ1) is 12.9. The largest absolute Gasteiger partial charge is 0.342 e. The van der Waals surface area contributed by atoms with Crippen molar-refractivity contribution in [3.8, 4) is 0 Å². The molecule has 0 aromatic rings. The molecule has 19 heavy (non-hydrogen) atoms. The van der Waals surface area contributed by atoms with Crippen molar-refractivity contribution in [1.29, 1.82) is 0 Å². The Bertz CT molecular complexity index is 401. The van der Waals surface area contributed by atoms with E-state index >= 15 is 0 Å². The van der Waals surface area contributed by atoms with Crippen molar-refractivity contribution < 1.29 is 9.59 Å². The van der Waals surface area contributed by atoms with Crippen molar-refractivity contribution in [3.05, 3.63) is 0 Å². The minimum Gasteiger partial charge on any atom is -0.342 e. The molecule has 2 unspecified atom stereocenters. The molecule has 0 radical (unpaired) electrons. The lowest BCUT2D eigenvalue weighted by atomic mass is 9.72. The first-order chi connectivity index (χ1) is 8.99. The maximum absolute atomic E-state index is 12.7. The van der Waals surface area contributed by atoms with E-state index in [0.717, 1.165) is 25.7 Å². The van der Waals surface area contributed by atoms with Crippen LogP contribution >= 0.6 is 0 Å². The maximum atomic E-state index is 12.7. The van der Waals surface area contributed by atoms with Crippen LogP contribution in [0.3, 0.4) is 0 Å². The van der Waals surface area contributed by atoms with Gasteiger partial charge in [0.1, 0.15) is 6.04 Å². The Kier molecular flexibility index (Phi) is 3.06. The van der Waals surface area contributed by atoms with E-state index in [1.807, 2.05) is 4.90 Å². The summed E-state index contributed by atoms with van der Waals surface area (Å²) in [6, 6.07) is 0.0000246. The lowest BCUT2D eigenvalue weighted by Gasteiger charge is -2.47. The molecule has 0 aromatic carbocycles. The summed E-state index contributed by atoms with van der Waals surface area (Å²) in [7, 11) is 0. The van der Waals surface area contributed by atoms with E-state index in [-0.39, 0.29) is 35.9 Å². The second-order valence-electron chi connectivity index (χ2n) is 7.10. The number of carbonyl (C=O) groups is 2. The van der Waals surface area contributed by atoms with Crippen LogP contribution in [0.2, 0.25) is 0 Å². The summed E-state index contributed by atoms with van der Waals surface area (Å²) >= 11 is 0. The molecule has 3 rings (SSSR count). The zero-order valence-corrected chi connectivity index (χ0v) is 11.9. The molecule has 2 saturated carbocycles. The van der Waals surface area contributed by atoms with Gasteiger partial charge in [-0.25, -0.2) is 0 Å². The minimum absolute atomic E-state index is 0.0258. The lowest BCUT2D eigenvalue weighted by Crippen LogP contribution is -2.64. The second-order valence-corrected chi connectivity index (χ2v) is 7.10. The lowest BCUT2D eigenvalue weighted by molar-refractivity contribution is -0.151. The highest BCUT2D eigenvalue weighted by Crippen LogP contribution is 2.41. The molecule has 2 atom stereocenters. The summed E-state index contributed by atoms with van der Waals surface area (Å²) in [5, 5.41) is 2.89. The topological polar surface area (TPSA) is 49.4 Å². The summed E-state index contributed by atoms with van der Waals surface area (Å²) in [6.45, 7) is 4.74. The molecule has 0 bridgehead atoms. The van der Waals surface area contributed by atoms with Gasteiger partial charge < -0.3 is 10.2 Å². The molecule has 1 aliphatic heterocycles. The second kappa shape index (κ2) is 4.50. The molecular formula is C15H24N2O2. The Hall–Kier alpha value is -1.06. The molecule has 106 valence electrons. The van der Waals surface area contributed by atoms with E-state index in [4.69, 9.17) is 0 Å². The number of nitrogens with zero attached hydrogens (tertiary/aromatic N) is 1. The van der Waals surface area contributed by atoms with Crippen LogP contribution < -0.4 is 5.32 Å². The molecule has 0 aromatic heterocycles.